The van der Waals surface area contributed by atoms with Crippen molar-refractivity contribution in [3.05, 3.63) is 39.9 Å². The average molecular weight is 316 g/mol. The summed E-state index contributed by atoms with van der Waals surface area (Å²) >= 11 is 0. The van der Waals surface area contributed by atoms with E-state index in [1.54, 1.807) is 0 Å². The van der Waals surface area contributed by atoms with Gasteiger partial charge in [0.15, 0.2) is 0 Å². The lowest BCUT2D eigenvalue weighted by Crippen LogP contribution is -2.32. The van der Waals surface area contributed by atoms with E-state index in [1.807, 2.05) is 0 Å². The van der Waals surface area contributed by atoms with E-state index >= 15 is 0 Å². The molecule has 6 nitrogen and oxygen atoms in total. The van der Waals surface area contributed by atoms with Gasteiger partial charge in [0.1, 0.15) is 0 Å². The average Bonchev–Trinajstić information content (AvgIpc) is 2.85. The molecule has 122 valence electrons. The van der Waals surface area contributed by atoms with E-state index in [0.29, 0.717) is 5.92 Å². The number of rotatable bonds is 3. The Morgan fingerprint density at radius 2 is 1.96 bits per heavy atom. The third kappa shape index (κ3) is 2.33. The normalized spacial score (nSPS) is 29.7. The van der Waals surface area contributed by atoms with Crippen molar-refractivity contribution in [3.8, 4) is 0 Å². The van der Waals surface area contributed by atoms with Crippen LogP contribution in [0.2, 0.25) is 0 Å². The number of hydrogen-bond donors (Lipinski definition) is 0. The van der Waals surface area contributed by atoms with Crippen LogP contribution in [0.3, 0.4) is 0 Å². The van der Waals surface area contributed by atoms with Gasteiger partial charge in [0.25, 0.3) is 5.69 Å². The molecule has 0 radical (unpaired) electrons. The molecule has 0 aromatic heterocycles. The molecular formula is C17H20N2O4. The minimum Gasteiger partial charge on any atom is -0.313 e. The van der Waals surface area contributed by atoms with Gasteiger partial charge in [-0.15, -0.1) is 0 Å². The molecular weight excluding hydrogens is 296 g/mol. The summed E-state index contributed by atoms with van der Waals surface area (Å²) in [5.74, 6) is 0.000837. The van der Waals surface area contributed by atoms with Crippen molar-refractivity contribution in [1.82, 2.24) is 0 Å². The minimum absolute atomic E-state index is 0.0204. The number of carbonyl (C=O) groups excluding carboxylic acids is 1. The molecule has 2 unspecified atom stereocenters. The zero-order chi connectivity index (χ0) is 16.8. The van der Waals surface area contributed by atoms with Crippen LogP contribution in [0.4, 0.5) is 5.69 Å². The summed E-state index contributed by atoms with van der Waals surface area (Å²) in [6.07, 6.45) is 3.13. The fourth-order valence-corrected chi connectivity index (χ4v) is 3.93. The molecule has 1 aromatic carbocycles. The highest BCUT2D eigenvalue weighted by Gasteiger charge is 2.60. The van der Waals surface area contributed by atoms with E-state index in [9.17, 15) is 14.9 Å². The molecule has 1 aromatic rings. The van der Waals surface area contributed by atoms with Crippen molar-refractivity contribution < 1.29 is 14.6 Å². The van der Waals surface area contributed by atoms with Gasteiger partial charge in [-0.3, -0.25) is 10.1 Å². The van der Waals surface area contributed by atoms with E-state index < -0.39 is 10.9 Å². The zero-order valence-corrected chi connectivity index (χ0v) is 13.5. The molecule has 0 amide bonds. The van der Waals surface area contributed by atoms with Crippen molar-refractivity contribution in [2.24, 2.45) is 21.9 Å². The second kappa shape index (κ2) is 5.15. The topological polar surface area (TPSA) is 81.8 Å². The first kappa shape index (κ1) is 15.6. The molecule has 0 saturated heterocycles. The maximum absolute atomic E-state index is 12.1. The molecule has 0 spiro atoms. The van der Waals surface area contributed by atoms with Crippen LogP contribution in [0.1, 0.15) is 50.4 Å². The number of nitro groups is 1. The summed E-state index contributed by atoms with van der Waals surface area (Å²) < 4.78 is 0. The Bertz CT molecular complexity index is 693. The predicted octanol–water partition coefficient (Wildman–Crippen LogP) is 3.95. The number of oxime groups is 1. The first-order valence-electron chi connectivity index (χ1n) is 7.79. The fraction of sp³-hybridized carbons (Fsp3) is 0.529. The molecule has 0 heterocycles. The van der Waals surface area contributed by atoms with Gasteiger partial charge in [-0.25, -0.2) is 4.79 Å². The Balaban J connectivity index is 1.73. The smallest absolute Gasteiger partial charge is 0.313 e. The number of nitro benzene ring substituents is 1. The lowest BCUT2D eigenvalue weighted by atomic mass is 9.70. The molecule has 0 aliphatic heterocycles. The molecule has 23 heavy (non-hydrogen) atoms. The number of fused-ring (bicyclic) bond motifs is 2. The molecule has 2 fully saturated rings. The monoisotopic (exact) mass is 316 g/mol. The van der Waals surface area contributed by atoms with Crippen LogP contribution >= 0.6 is 0 Å². The van der Waals surface area contributed by atoms with Gasteiger partial charge < -0.3 is 4.84 Å². The Morgan fingerprint density at radius 3 is 2.43 bits per heavy atom. The van der Waals surface area contributed by atoms with Gasteiger partial charge >= 0.3 is 5.97 Å². The van der Waals surface area contributed by atoms with Gasteiger partial charge in [0.05, 0.1) is 16.2 Å². The fourth-order valence-electron chi connectivity index (χ4n) is 3.93. The first-order chi connectivity index (χ1) is 10.8. The highest BCUT2D eigenvalue weighted by atomic mass is 16.7. The van der Waals surface area contributed by atoms with Gasteiger partial charge in [0, 0.05) is 17.5 Å². The number of benzene rings is 1. The summed E-state index contributed by atoms with van der Waals surface area (Å²) in [6.45, 7) is 6.70. The van der Waals surface area contributed by atoms with Crippen molar-refractivity contribution in [1.29, 1.82) is 0 Å². The molecule has 6 heteroatoms. The Kier molecular flexibility index (Phi) is 3.50. The summed E-state index contributed by atoms with van der Waals surface area (Å²) in [6, 6.07) is 5.33. The van der Waals surface area contributed by atoms with Crippen LogP contribution < -0.4 is 0 Å². The van der Waals surface area contributed by atoms with Gasteiger partial charge in [-0.05, 0) is 42.7 Å². The van der Waals surface area contributed by atoms with E-state index in [2.05, 4.69) is 25.9 Å². The second-order valence-electron chi connectivity index (χ2n) is 7.21. The lowest BCUT2D eigenvalue weighted by molar-refractivity contribution is -0.384. The third-order valence-corrected chi connectivity index (χ3v) is 6.06. The highest BCUT2D eigenvalue weighted by Crippen LogP contribution is 2.63. The van der Waals surface area contributed by atoms with Gasteiger partial charge in [0.2, 0.25) is 0 Å². The molecule has 3 rings (SSSR count). The van der Waals surface area contributed by atoms with Crippen LogP contribution in [-0.2, 0) is 4.84 Å². The van der Waals surface area contributed by atoms with Crippen molar-refractivity contribution in [2.45, 2.75) is 40.0 Å². The number of non-ortho nitro benzene ring substituents is 1. The largest absolute Gasteiger partial charge is 0.365 e. The summed E-state index contributed by atoms with van der Waals surface area (Å²) in [4.78, 5) is 27.3. The summed E-state index contributed by atoms with van der Waals surface area (Å²) in [5, 5.41) is 14.8. The maximum atomic E-state index is 12.1. The quantitative estimate of drug-likeness (QED) is 0.480. The lowest BCUT2D eigenvalue weighted by Gasteiger charge is -2.34. The minimum atomic E-state index is -0.587. The molecule has 2 aliphatic rings. The van der Waals surface area contributed by atoms with Crippen LogP contribution in [0.25, 0.3) is 0 Å². The van der Waals surface area contributed by atoms with Crippen LogP contribution in [0, 0.1) is 26.9 Å². The maximum Gasteiger partial charge on any atom is 0.365 e. The molecule has 2 atom stereocenters. The van der Waals surface area contributed by atoms with Crippen LogP contribution in [-0.4, -0.2) is 16.6 Å². The standard InChI is InChI=1S/C17H20N2O4/c1-16(2)12-8-9-17(16,3)14(10-12)18-23-15(20)11-4-6-13(7-5-11)19(21)22/h4-7,12H,8-10H2,1-3H3. The van der Waals surface area contributed by atoms with Gasteiger partial charge in [-0.1, -0.05) is 25.9 Å². The SMILES string of the molecule is CC12CCC(CC1=NOC(=O)c1ccc([N+](=O)[O-])cc1)C2(C)C. The van der Waals surface area contributed by atoms with Crippen LogP contribution in [0.15, 0.2) is 29.4 Å². The Labute approximate surface area is 134 Å². The van der Waals surface area contributed by atoms with E-state index in [0.717, 1.165) is 18.6 Å². The Hall–Kier alpha value is -2.24. The molecule has 2 bridgehead atoms. The van der Waals surface area contributed by atoms with E-state index in [1.165, 1.54) is 30.7 Å². The number of hydrogen-bond acceptors (Lipinski definition) is 5. The molecule has 0 N–H and O–H groups in total. The van der Waals surface area contributed by atoms with Gasteiger partial charge in [-0.2, -0.15) is 0 Å². The highest BCUT2D eigenvalue weighted by molar-refractivity contribution is 5.95. The summed E-state index contributed by atoms with van der Waals surface area (Å²) in [5.41, 5.74) is 1.30. The second-order valence-corrected chi connectivity index (χ2v) is 7.21. The van der Waals surface area contributed by atoms with E-state index in [4.69, 9.17) is 4.84 Å². The predicted molar refractivity (Wildman–Crippen MR) is 85.2 cm³/mol. The van der Waals surface area contributed by atoms with Crippen LogP contribution in [0.5, 0.6) is 0 Å². The molecule has 2 saturated carbocycles. The zero-order valence-electron chi connectivity index (χ0n) is 13.5. The van der Waals surface area contributed by atoms with Crippen molar-refractivity contribution >= 4 is 17.4 Å². The molecule has 2 aliphatic carbocycles. The third-order valence-electron chi connectivity index (χ3n) is 6.06. The van der Waals surface area contributed by atoms with Crippen molar-refractivity contribution in [3.63, 3.8) is 0 Å². The first-order valence-corrected chi connectivity index (χ1v) is 7.79. The van der Waals surface area contributed by atoms with E-state index in [-0.39, 0.29) is 22.1 Å². The summed E-state index contributed by atoms with van der Waals surface area (Å²) in [7, 11) is 0. The number of carbonyl (C=O) groups is 1. The van der Waals surface area contributed by atoms with Crippen molar-refractivity contribution in [2.75, 3.05) is 0 Å². The number of nitrogens with zero attached hydrogens (tertiary/aromatic N) is 2. The Morgan fingerprint density at radius 1 is 1.30 bits per heavy atom.